The molecule has 2 fully saturated rings. The molecule has 0 radical (unpaired) electrons. The molecule has 2 aliphatic rings. The Labute approximate surface area is 141 Å². The standard InChI is InChI=1S/C20H18N2O2/c23-20-22(17-8-4-5-9-18(17)24-20)19-13-12-16(14-21-19)11-10-15-6-2-1-3-7-15/h1-3,6-7,12-14,17-18H,4-5,8-9H2/t17-,18?/m0/s1. The molecular weight excluding hydrogens is 300 g/mol. The Morgan fingerprint density at radius 2 is 1.79 bits per heavy atom. The summed E-state index contributed by atoms with van der Waals surface area (Å²) in [4.78, 5) is 18.3. The van der Waals surface area contributed by atoms with Crippen LogP contribution < -0.4 is 4.90 Å². The lowest BCUT2D eigenvalue weighted by atomic mass is 9.92. The van der Waals surface area contributed by atoms with Crippen LogP contribution in [0, 0.1) is 11.8 Å². The first kappa shape index (κ1) is 14.8. The molecule has 4 heteroatoms. The molecule has 2 aromatic rings. The second kappa shape index (κ2) is 6.37. The zero-order chi connectivity index (χ0) is 16.4. The molecule has 2 heterocycles. The Morgan fingerprint density at radius 3 is 2.58 bits per heavy atom. The number of carbonyl (C=O) groups excluding carboxylic acids is 1. The smallest absolute Gasteiger partial charge is 0.416 e. The van der Waals surface area contributed by atoms with Crippen molar-refractivity contribution < 1.29 is 9.53 Å². The highest BCUT2D eigenvalue weighted by Crippen LogP contribution is 2.34. The zero-order valence-electron chi connectivity index (χ0n) is 13.3. The molecule has 4 nitrogen and oxygen atoms in total. The highest BCUT2D eigenvalue weighted by atomic mass is 16.6. The molecule has 1 saturated carbocycles. The SMILES string of the molecule is O=C1OC2CCCC[C@@H]2N1c1ccc(C#Cc2ccccc2)cn1. The third kappa shape index (κ3) is 2.85. The van der Waals surface area contributed by atoms with Gasteiger partial charge >= 0.3 is 6.09 Å². The maximum Gasteiger partial charge on any atom is 0.416 e. The lowest BCUT2D eigenvalue weighted by molar-refractivity contribution is 0.113. The van der Waals surface area contributed by atoms with Crippen LogP contribution in [0.15, 0.2) is 48.7 Å². The summed E-state index contributed by atoms with van der Waals surface area (Å²) in [5.74, 6) is 6.86. The van der Waals surface area contributed by atoms with E-state index in [0.717, 1.165) is 36.8 Å². The number of hydrogen-bond acceptors (Lipinski definition) is 3. The van der Waals surface area contributed by atoms with Crippen LogP contribution in [0.5, 0.6) is 0 Å². The van der Waals surface area contributed by atoms with E-state index < -0.39 is 0 Å². The highest BCUT2D eigenvalue weighted by Gasteiger charge is 2.44. The average Bonchev–Trinajstić information content (AvgIpc) is 2.97. The highest BCUT2D eigenvalue weighted by molar-refractivity contribution is 5.89. The monoisotopic (exact) mass is 318 g/mol. The van der Waals surface area contributed by atoms with Crippen molar-refractivity contribution in [3.05, 3.63) is 59.8 Å². The molecule has 1 aliphatic heterocycles. The lowest BCUT2D eigenvalue weighted by Gasteiger charge is -2.27. The molecule has 1 unspecified atom stereocenters. The molecule has 1 aromatic carbocycles. The second-order valence-corrected chi connectivity index (χ2v) is 6.17. The summed E-state index contributed by atoms with van der Waals surface area (Å²) in [5.41, 5.74) is 1.80. The Hall–Kier alpha value is -2.80. The predicted octanol–water partition coefficient (Wildman–Crippen LogP) is 3.75. The van der Waals surface area contributed by atoms with Crippen LogP contribution in [0.3, 0.4) is 0 Å². The molecule has 120 valence electrons. The predicted molar refractivity (Wildman–Crippen MR) is 91.7 cm³/mol. The van der Waals surface area contributed by atoms with Crippen LogP contribution in [-0.4, -0.2) is 23.2 Å². The van der Waals surface area contributed by atoms with Gasteiger partial charge < -0.3 is 4.74 Å². The van der Waals surface area contributed by atoms with Gasteiger partial charge in [0.1, 0.15) is 11.9 Å². The van der Waals surface area contributed by atoms with E-state index in [1.807, 2.05) is 42.5 Å². The minimum atomic E-state index is -0.275. The van der Waals surface area contributed by atoms with Crippen molar-refractivity contribution in [2.45, 2.75) is 37.8 Å². The van der Waals surface area contributed by atoms with Gasteiger partial charge in [0.2, 0.25) is 0 Å². The lowest BCUT2D eigenvalue weighted by Crippen LogP contribution is -2.39. The van der Waals surface area contributed by atoms with Crippen molar-refractivity contribution in [2.24, 2.45) is 0 Å². The quantitative estimate of drug-likeness (QED) is 0.752. The number of aromatic nitrogens is 1. The molecule has 1 amide bonds. The molecule has 1 aromatic heterocycles. The van der Waals surface area contributed by atoms with Gasteiger partial charge in [-0.25, -0.2) is 9.78 Å². The van der Waals surface area contributed by atoms with E-state index in [0.29, 0.717) is 5.82 Å². The fourth-order valence-electron chi connectivity index (χ4n) is 3.36. The fraction of sp³-hybridized carbons (Fsp3) is 0.300. The number of hydrogen-bond donors (Lipinski definition) is 0. The van der Waals surface area contributed by atoms with Crippen molar-refractivity contribution in [2.75, 3.05) is 4.90 Å². The van der Waals surface area contributed by atoms with Gasteiger partial charge in [0.25, 0.3) is 0 Å². The number of carbonyl (C=O) groups is 1. The first-order valence-electron chi connectivity index (χ1n) is 8.34. The summed E-state index contributed by atoms with van der Waals surface area (Å²) in [6.45, 7) is 0. The van der Waals surface area contributed by atoms with E-state index in [4.69, 9.17) is 4.74 Å². The first-order chi connectivity index (χ1) is 11.8. The van der Waals surface area contributed by atoms with E-state index in [-0.39, 0.29) is 18.2 Å². The molecule has 0 spiro atoms. The topological polar surface area (TPSA) is 42.4 Å². The summed E-state index contributed by atoms with van der Waals surface area (Å²) in [5, 5.41) is 0. The molecule has 0 N–H and O–H groups in total. The van der Waals surface area contributed by atoms with Crippen molar-refractivity contribution in [1.82, 2.24) is 4.98 Å². The van der Waals surface area contributed by atoms with Crippen LogP contribution in [-0.2, 0) is 4.74 Å². The van der Waals surface area contributed by atoms with Gasteiger partial charge in [-0.15, -0.1) is 0 Å². The molecule has 0 bridgehead atoms. The maximum absolute atomic E-state index is 12.2. The summed E-state index contributed by atoms with van der Waals surface area (Å²) < 4.78 is 5.49. The summed E-state index contributed by atoms with van der Waals surface area (Å²) >= 11 is 0. The summed E-state index contributed by atoms with van der Waals surface area (Å²) in [7, 11) is 0. The minimum absolute atomic E-state index is 0.0191. The van der Waals surface area contributed by atoms with E-state index in [1.165, 1.54) is 0 Å². The van der Waals surface area contributed by atoms with Crippen molar-refractivity contribution in [3.8, 4) is 11.8 Å². The Kier molecular flexibility index (Phi) is 3.92. The van der Waals surface area contributed by atoms with E-state index >= 15 is 0 Å². The van der Waals surface area contributed by atoms with Gasteiger partial charge in [-0.3, -0.25) is 4.90 Å². The Morgan fingerprint density at radius 1 is 1.00 bits per heavy atom. The molecule has 24 heavy (non-hydrogen) atoms. The van der Waals surface area contributed by atoms with Crippen molar-refractivity contribution >= 4 is 11.9 Å². The third-order valence-corrected chi connectivity index (χ3v) is 4.57. The number of benzene rings is 1. The molecule has 1 aliphatic carbocycles. The zero-order valence-corrected chi connectivity index (χ0v) is 13.3. The molecule has 4 rings (SSSR count). The number of amides is 1. The fourth-order valence-corrected chi connectivity index (χ4v) is 3.36. The Balaban J connectivity index is 1.54. The summed E-state index contributed by atoms with van der Waals surface area (Å²) in [6.07, 6.45) is 5.65. The van der Waals surface area contributed by atoms with Gasteiger partial charge in [0.15, 0.2) is 0 Å². The van der Waals surface area contributed by atoms with Crippen LogP contribution in [0.25, 0.3) is 0 Å². The van der Waals surface area contributed by atoms with Gasteiger partial charge in [-0.05, 0) is 43.5 Å². The third-order valence-electron chi connectivity index (χ3n) is 4.57. The van der Waals surface area contributed by atoms with E-state index in [1.54, 1.807) is 11.1 Å². The Bertz CT molecular complexity index is 790. The maximum atomic E-state index is 12.2. The second-order valence-electron chi connectivity index (χ2n) is 6.17. The first-order valence-corrected chi connectivity index (χ1v) is 8.34. The minimum Gasteiger partial charge on any atom is -0.444 e. The number of rotatable bonds is 1. The number of nitrogens with zero attached hydrogens (tertiary/aromatic N) is 2. The van der Waals surface area contributed by atoms with Crippen molar-refractivity contribution in [1.29, 1.82) is 0 Å². The molecular formula is C20H18N2O2. The number of anilines is 1. The van der Waals surface area contributed by atoms with Gasteiger partial charge in [-0.2, -0.15) is 0 Å². The van der Waals surface area contributed by atoms with Crippen LogP contribution in [0.2, 0.25) is 0 Å². The van der Waals surface area contributed by atoms with E-state index in [2.05, 4.69) is 16.8 Å². The molecule has 2 atom stereocenters. The number of pyridine rings is 1. The average molecular weight is 318 g/mol. The van der Waals surface area contributed by atoms with E-state index in [9.17, 15) is 4.79 Å². The van der Waals surface area contributed by atoms with Crippen LogP contribution >= 0.6 is 0 Å². The largest absolute Gasteiger partial charge is 0.444 e. The normalized spacial score (nSPS) is 22.3. The van der Waals surface area contributed by atoms with Gasteiger partial charge in [-0.1, -0.05) is 36.5 Å². The van der Waals surface area contributed by atoms with Crippen LogP contribution in [0.1, 0.15) is 36.8 Å². The van der Waals surface area contributed by atoms with Gasteiger partial charge in [0, 0.05) is 17.3 Å². The summed E-state index contributed by atoms with van der Waals surface area (Å²) in [6, 6.07) is 13.7. The number of ether oxygens (including phenoxy) is 1. The molecule has 1 saturated heterocycles. The number of fused-ring (bicyclic) bond motifs is 1. The van der Waals surface area contributed by atoms with Gasteiger partial charge in [0.05, 0.1) is 6.04 Å². The van der Waals surface area contributed by atoms with Crippen LogP contribution in [0.4, 0.5) is 10.6 Å². The van der Waals surface area contributed by atoms with Crippen molar-refractivity contribution in [3.63, 3.8) is 0 Å².